The lowest BCUT2D eigenvalue weighted by atomic mass is 10.2. The number of fused-ring (bicyclic) bond motifs is 2. The highest BCUT2D eigenvalue weighted by Crippen LogP contribution is 2.26. The maximum Gasteiger partial charge on any atom is 0.257 e. The Morgan fingerprint density at radius 3 is 2.83 bits per heavy atom. The Morgan fingerprint density at radius 2 is 2.12 bits per heavy atom. The van der Waals surface area contributed by atoms with E-state index in [0.29, 0.717) is 29.1 Å². The number of hydrogen-bond donors (Lipinski definition) is 2. The lowest BCUT2D eigenvalue weighted by molar-refractivity contribution is 0.0859. The van der Waals surface area contributed by atoms with E-state index in [-0.39, 0.29) is 12.0 Å². The first kappa shape index (κ1) is 14.9. The summed E-state index contributed by atoms with van der Waals surface area (Å²) < 4.78 is 7.24. The summed E-state index contributed by atoms with van der Waals surface area (Å²) in [6.45, 7) is 1.24. The topological polar surface area (TPSA) is 95.1 Å². The van der Waals surface area contributed by atoms with Crippen molar-refractivity contribution in [2.24, 2.45) is 7.05 Å². The second-order valence-corrected chi connectivity index (χ2v) is 6.05. The van der Waals surface area contributed by atoms with Crippen LogP contribution in [0.5, 0.6) is 0 Å². The molecule has 7 nitrogen and oxygen atoms in total. The number of rotatable bonds is 3. The van der Waals surface area contributed by atoms with E-state index in [9.17, 15) is 4.79 Å². The molecule has 3 N–H and O–H groups in total. The normalized spacial score (nSPS) is 17.6. The van der Waals surface area contributed by atoms with Gasteiger partial charge in [0.15, 0.2) is 5.65 Å². The highest BCUT2D eigenvalue weighted by Gasteiger charge is 2.24. The second kappa shape index (κ2) is 5.76. The number of para-hydroxylation sites is 2. The molecule has 1 atom stereocenters. The average molecular weight is 325 g/mol. The quantitative estimate of drug-likeness (QED) is 0.763. The van der Waals surface area contributed by atoms with Gasteiger partial charge in [-0.2, -0.15) is 0 Å². The Hall–Kier alpha value is -2.67. The van der Waals surface area contributed by atoms with Gasteiger partial charge >= 0.3 is 0 Å². The lowest BCUT2D eigenvalue weighted by Gasteiger charge is -2.10. The van der Waals surface area contributed by atoms with Gasteiger partial charge in [0, 0.05) is 20.2 Å². The van der Waals surface area contributed by atoms with Crippen molar-refractivity contribution in [1.29, 1.82) is 0 Å². The van der Waals surface area contributed by atoms with Crippen LogP contribution in [0.15, 0.2) is 24.3 Å². The van der Waals surface area contributed by atoms with E-state index in [0.717, 1.165) is 30.5 Å². The lowest BCUT2D eigenvalue weighted by Crippen LogP contribution is -2.32. The number of nitrogens with zero attached hydrogens (tertiary/aromatic N) is 3. The van der Waals surface area contributed by atoms with Gasteiger partial charge in [-0.3, -0.25) is 4.79 Å². The fraction of sp³-hybridized carbons (Fsp3) is 0.353. The van der Waals surface area contributed by atoms with Crippen molar-refractivity contribution in [3.63, 3.8) is 0 Å². The van der Waals surface area contributed by atoms with E-state index in [1.165, 1.54) is 0 Å². The third-order valence-corrected chi connectivity index (χ3v) is 4.47. The number of aromatic nitrogens is 3. The average Bonchev–Trinajstić information content (AvgIpc) is 3.19. The first-order valence-electron chi connectivity index (χ1n) is 8.05. The molecule has 0 bridgehead atoms. The van der Waals surface area contributed by atoms with Crippen LogP contribution >= 0.6 is 0 Å². The van der Waals surface area contributed by atoms with Crippen LogP contribution in [0.4, 0.5) is 5.82 Å². The van der Waals surface area contributed by atoms with Crippen LogP contribution in [0.2, 0.25) is 0 Å². The van der Waals surface area contributed by atoms with E-state index in [2.05, 4.69) is 15.3 Å². The van der Waals surface area contributed by atoms with Gasteiger partial charge in [-0.25, -0.2) is 9.97 Å². The zero-order valence-electron chi connectivity index (χ0n) is 13.5. The summed E-state index contributed by atoms with van der Waals surface area (Å²) in [5, 5.41) is 2.91. The molecule has 0 unspecified atom stereocenters. The number of aryl methyl sites for hydroxylation is 1. The van der Waals surface area contributed by atoms with Gasteiger partial charge in [-0.15, -0.1) is 0 Å². The Labute approximate surface area is 138 Å². The molecule has 7 heteroatoms. The van der Waals surface area contributed by atoms with Crippen LogP contribution < -0.4 is 11.1 Å². The molecule has 1 aromatic carbocycles. The summed E-state index contributed by atoms with van der Waals surface area (Å²) in [5.74, 6) is 0.128. The number of anilines is 1. The van der Waals surface area contributed by atoms with Crippen LogP contribution in [-0.2, 0) is 11.8 Å². The molecule has 1 aliphatic rings. The van der Waals surface area contributed by atoms with Gasteiger partial charge in [0.25, 0.3) is 5.91 Å². The van der Waals surface area contributed by atoms with Crippen LogP contribution in [0.25, 0.3) is 22.2 Å². The van der Waals surface area contributed by atoms with Gasteiger partial charge in [-0.1, -0.05) is 12.1 Å². The molecule has 0 saturated carbocycles. The van der Waals surface area contributed by atoms with Crippen molar-refractivity contribution < 1.29 is 9.53 Å². The molecule has 1 aliphatic heterocycles. The first-order chi connectivity index (χ1) is 11.6. The highest BCUT2D eigenvalue weighted by atomic mass is 16.5. The van der Waals surface area contributed by atoms with E-state index >= 15 is 0 Å². The van der Waals surface area contributed by atoms with Crippen LogP contribution in [0.3, 0.4) is 0 Å². The minimum Gasteiger partial charge on any atom is -0.384 e. The van der Waals surface area contributed by atoms with Crippen molar-refractivity contribution in [2.75, 3.05) is 18.9 Å². The number of carbonyl (C=O) groups excluding carboxylic acids is 1. The van der Waals surface area contributed by atoms with Crippen molar-refractivity contribution in [3.05, 3.63) is 29.8 Å². The van der Waals surface area contributed by atoms with Crippen LogP contribution in [0.1, 0.15) is 23.2 Å². The molecule has 24 heavy (non-hydrogen) atoms. The molecule has 1 amide bonds. The first-order valence-corrected chi connectivity index (χ1v) is 8.05. The van der Waals surface area contributed by atoms with Gasteiger partial charge in [0.05, 0.1) is 17.1 Å². The Balaban J connectivity index is 1.74. The Morgan fingerprint density at radius 1 is 1.38 bits per heavy atom. The van der Waals surface area contributed by atoms with E-state index in [4.69, 9.17) is 10.5 Å². The van der Waals surface area contributed by atoms with Gasteiger partial charge < -0.3 is 20.4 Å². The summed E-state index contributed by atoms with van der Waals surface area (Å²) in [7, 11) is 1.79. The molecule has 0 radical (unpaired) electrons. The predicted molar refractivity (Wildman–Crippen MR) is 91.7 cm³/mol. The minimum absolute atomic E-state index is 0.0806. The zero-order valence-corrected chi connectivity index (χ0v) is 13.5. The fourth-order valence-electron chi connectivity index (χ4n) is 3.12. The monoisotopic (exact) mass is 325 g/mol. The number of nitrogen functional groups attached to an aromatic ring is 1. The van der Waals surface area contributed by atoms with Crippen molar-refractivity contribution in [1.82, 2.24) is 19.9 Å². The van der Waals surface area contributed by atoms with Gasteiger partial charge in [0.2, 0.25) is 0 Å². The number of amides is 1. The standard InChI is InChI=1S/C17H19N5O2/c1-22-15(18)13(17(23)19-9-10-5-4-8-24-10)14-16(22)21-12-7-3-2-6-11(12)20-14/h2-3,6-7,10H,4-5,8-9,18H2,1H3,(H,19,23)/t10-/m1/s1. The molecule has 3 heterocycles. The summed E-state index contributed by atoms with van der Waals surface area (Å²) in [6, 6.07) is 7.57. The largest absolute Gasteiger partial charge is 0.384 e. The third kappa shape index (κ3) is 2.37. The number of nitrogens with one attached hydrogen (secondary N) is 1. The molecule has 124 valence electrons. The molecule has 4 rings (SSSR count). The molecular formula is C17H19N5O2. The maximum atomic E-state index is 12.7. The zero-order chi connectivity index (χ0) is 16.7. The van der Waals surface area contributed by atoms with E-state index in [1.54, 1.807) is 11.6 Å². The van der Waals surface area contributed by atoms with Crippen molar-refractivity contribution >= 4 is 33.9 Å². The molecule has 0 aliphatic carbocycles. The van der Waals surface area contributed by atoms with Crippen LogP contribution in [-0.4, -0.2) is 39.7 Å². The van der Waals surface area contributed by atoms with Crippen molar-refractivity contribution in [3.8, 4) is 0 Å². The SMILES string of the molecule is Cn1c(N)c(C(=O)NC[C@H]2CCCO2)c2nc3ccccc3nc21. The highest BCUT2D eigenvalue weighted by molar-refractivity contribution is 6.10. The second-order valence-electron chi connectivity index (χ2n) is 6.05. The van der Waals surface area contributed by atoms with Gasteiger partial charge in [-0.05, 0) is 25.0 Å². The Bertz CT molecular complexity index is 928. The number of benzene rings is 1. The van der Waals surface area contributed by atoms with Gasteiger partial charge in [0.1, 0.15) is 16.9 Å². The maximum absolute atomic E-state index is 12.7. The minimum atomic E-state index is -0.238. The Kier molecular flexibility index (Phi) is 3.57. The number of hydrogen-bond acceptors (Lipinski definition) is 5. The molecular weight excluding hydrogens is 306 g/mol. The molecule has 2 aromatic heterocycles. The molecule has 1 saturated heterocycles. The summed E-state index contributed by atoms with van der Waals surface area (Å²) >= 11 is 0. The summed E-state index contributed by atoms with van der Waals surface area (Å²) in [5.41, 5.74) is 9.18. The molecule has 1 fully saturated rings. The van der Waals surface area contributed by atoms with E-state index in [1.807, 2.05) is 24.3 Å². The molecule has 3 aromatic rings. The third-order valence-electron chi connectivity index (χ3n) is 4.47. The number of ether oxygens (including phenoxy) is 1. The molecule has 0 spiro atoms. The summed E-state index contributed by atoms with van der Waals surface area (Å²) in [6.07, 6.45) is 2.08. The van der Waals surface area contributed by atoms with Crippen molar-refractivity contribution in [2.45, 2.75) is 18.9 Å². The van der Waals surface area contributed by atoms with E-state index < -0.39 is 0 Å². The van der Waals surface area contributed by atoms with Crippen LogP contribution in [0, 0.1) is 0 Å². The predicted octanol–water partition coefficient (Wildman–Crippen LogP) is 1.61. The smallest absolute Gasteiger partial charge is 0.257 e. The summed E-state index contributed by atoms with van der Waals surface area (Å²) in [4.78, 5) is 21.9. The number of carbonyl (C=O) groups is 1. The fourth-order valence-corrected chi connectivity index (χ4v) is 3.12. The number of nitrogens with two attached hydrogens (primary N) is 1.